The lowest BCUT2D eigenvalue weighted by molar-refractivity contribution is -0.114. The monoisotopic (exact) mass is 174 g/mol. The van der Waals surface area contributed by atoms with Crippen LogP contribution in [0.15, 0.2) is 0 Å². The first-order valence-electron chi connectivity index (χ1n) is 3.23. The van der Waals surface area contributed by atoms with E-state index in [0.29, 0.717) is 19.4 Å². The molecule has 0 radical (unpaired) electrons. The maximum absolute atomic E-state index is 10.7. The van der Waals surface area contributed by atoms with Gasteiger partial charge in [-0.1, -0.05) is 5.92 Å². The second kappa shape index (κ2) is 4.35. The first-order valence-corrected chi connectivity index (χ1v) is 3.61. The molecule has 0 heterocycles. The van der Waals surface area contributed by atoms with Crippen LogP contribution < -0.4 is 11.5 Å². The first-order chi connectivity index (χ1) is 5.06. The van der Waals surface area contributed by atoms with Crippen molar-refractivity contribution in [3.05, 3.63) is 0 Å². The van der Waals surface area contributed by atoms with Crippen molar-refractivity contribution in [3.8, 4) is 12.3 Å². The molecule has 0 amide bonds. The standard InChI is InChI=1S/C7H11ClN2O/c1-2-7(10,6(8)11)4-3-5-9/h1H,3-5,9-10H2. The Hall–Kier alpha value is -0.560. The van der Waals surface area contributed by atoms with E-state index in [0.717, 1.165) is 0 Å². The van der Waals surface area contributed by atoms with Crippen LogP contribution in [0.1, 0.15) is 12.8 Å². The minimum atomic E-state index is -1.33. The van der Waals surface area contributed by atoms with Crippen molar-refractivity contribution < 1.29 is 4.79 Å². The third-order valence-corrected chi connectivity index (χ3v) is 1.72. The molecule has 0 aliphatic heterocycles. The molecule has 3 nitrogen and oxygen atoms in total. The minimum absolute atomic E-state index is 0.336. The van der Waals surface area contributed by atoms with Crippen LogP contribution in [0.4, 0.5) is 0 Å². The van der Waals surface area contributed by atoms with E-state index in [1.165, 1.54) is 0 Å². The number of halogens is 1. The number of hydrogen-bond donors (Lipinski definition) is 2. The second-order valence-electron chi connectivity index (χ2n) is 2.28. The Balaban J connectivity index is 4.14. The van der Waals surface area contributed by atoms with Crippen molar-refractivity contribution in [1.82, 2.24) is 0 Å². The van der Waals surface area contributed by atoms with Crippen molar-refractivity contribution in [3.63, 3.8) is 0 Å². The van der Waals surface area contributed by atoms with Crippen LogP contribution in [0.3, 0.4) is 0 Å². The molecule has 0 bridgehead atoms. The Morgan fingerprint density at radius 2 is 2.27 bits per heavy atom. The SMILES string of the molecule is C#CC(N)(CCCN)C(=O)Cl. The predicted molar refractivity (Wildman–Crippen MR) is 44.9 cm³/mol. The molecule has 4 heteroatoms. The van der Waals surface area contributed by atoms with Gasteiger partial charge in [0.05, 0.1) is 0 Å². The quantitative estimate of drug-likeness (QED) is 0.459. The van der Waals surface area contributed by atoms with E-state index in [2.05, 4.69) is 5.92 Å². The van der Waals surface area contributed by atoms with Crippen LogP contribution in [0.25, 0.3) is 0 Å². The maximum Gasteiger partial charge on any atom is 0.253 e. The molecule has 0 aromatic rings. The smallest absolute Gasteiger partial charge is 0.253 e. The zero-order valence-corrected chi connectivity index (χ0v) is 6.90. The number of terminal acetylenes is 1. The fourth-order valence-electron chi connectivity index (χ4n) is 0.608. The molecule has 0 aromatic carbocycles. The molecule has 11 heavy (non-hydrogen) atoms. The highest BCUT2D eigenvalue weighted by Crippen LogP contribution is 2.11. The molecule has 0 rings (SSSR count). The Morgan fingerprint density at radius 1 is 1.73 bits per heavy atom. The normalized spacial score (nSPS) is 15.1. The van der Waals surface area contributed by atoms with Crippen molar-refractivity contribution in [2.45, 2.75) is 18.4 Å². The van der Waals surface area contributed by atoms with E-state index in [4.69, 9.17) is 29.5 Å². The summed E-state index contributed by atoms with van der Waals surface area (Å²) < 4.78 is 0. The summed E-state index contributed by atoms with van der Waals surface area (Å²) in [5, 5.41) is -0.701. The molecule has 0 aliphatic carbocycles. The minimum Gasteiger partial charge on any atom is -0.330 e. The fraction of sp³-hybridized carbons (Fsp3) is 0.571. The van der Waals surface area contributed by atoms with Crippen LogP contribution in [0.2, 0.25) is 0 Å². The predicted octanol–water partition coefficient (Wildman–Crippen LogP) is -0.179. The van der Waals surface area contributed by atoms with Crippen molar-refractivity contribution in [2.75, 3.05) is 6.54 Å². The Bertz CT molecular complexity index is 187. The number of hydrogen-bond acceptors (Lipinski definition) is 3. The van der Waals surface area contributed by atoms with Crippen LogP contribution >= 0.6 is 11.6 Å². The Labute approximate surface area is 71.1 Å². The molecular formula is C7H11ClN2O. The third kappa shape index (κ3) is 2.89. The molecule has 0 aromatic heterocycles. The zero-order chi connectivity index (χ0) is 8.91. The highest BCUT2D eigenvalue weighted by atomic mass is 35.5. The second-order valence-corrected chi connectivity index (χ2v) is 2.62. The van der Waals surface area contributed by atoms with E-state index >= 15 is 0 Å². The lowest BCUT2D eigenvalue weighted by Gasteiger charge is -2.17. The molecule has 0 saturated heterocycles. The van der Waals surface area contributed by atoms with Crippen molar-refractivity contribution >= 4 is 16.8 Å². The molecule has 0 saturated carbocycles. The molecule has 0 fully saturated rings. The summed E-state index contributed by atoms with van der Waals surface area (Å²) in [5.74, 6) is 2.15. The molecule has 4 N–H and O–H groups in total. The van der Waals surface area contributed by atoms with Gasteiger partial charge in [-0.3, -0.25) is 4.79 Å². The molecule has 0 aliphatic rings. The van der Waals surface area contributed by atoms with Gasteiger partial charge in [0.2, 0.25) is 0 Å². The molecular weight excluding hydrogens is 164 g/mol. The summed E-state index contributed by atoms with van der Waals surface area (Å²) in [6.45, 7) is 0.449. The van der Waals surface area contributed by atoms with Crippen LogP contribution in [-0.2, 0) is 4.79 Å². The summed E-state index contributed by atoms with van der Waals surface area (Å²) >= 11 is 5.17. The van der Waals surface area contributed by atoms with Gasteiger partial charge in [0.15, 0.2) is 5.54 Å². The van der Waals surface area contributed by atoms with Gasteiger partial charge < -0.3 is 11.5 Å². The molecule has 0 spiro atoms. The first kappa shape index (κ1) is 10.4. The van der Waals surface area contributed by atoms with E-state index in [-0.39, 0.29) is 0 Å². The van der Waals surface area contributed by atoms with E-state index in [9.17, 15) is 4.79 Å². The third-order valence-electron chi connectivity index (χ3n) is 1.38. The van der Waals surface area contributed by atoms with Gasteiger partial charge in [-0.2, -0.15) is 0 Å². The summed E-state index contributed by atoms with van der Waals surface area (Å²) in [4.78, 5) is 10.7. The molecule has 62 valence electrons. The van der Waals surface area contributed by atoms with E-state index in [1.807, 2.05) is 0 Å². The number of carbonyl (C=O) groups is 1. The van der Waals surface area contributed by atoms with Gasteiger partial charge in [0.1, 0.15) is 0 Å². The Morgan fingerprint density at radius 3 is 2.55 bits per heavy atom. The van der Waals surface area contributed by atoms with E-state index in [1.54, 1.807) is 0 Å². The van der Waals surface area contributed by atoms with Gasteiger partial charge >= 0.3 is 0 Å². The lowest BCUT2D eigenvalue weighted by atomic mass is 9.97. The zero-order valence-electron chi connectivity index (χ0n) is 6.14. The van der Waals surface area contributed by atoms with Crippen LogP contribution in [0, 0.1) is 12.3 Å². The number of carbonyl (C=O) groups excluding carboxylic acids is 1. The van der Waals surface area contributed by atoms with Gasteiger partial charge in [-0.25, -0.2) is 0 Å². The van der Waals surface area contributed by atoms with Crippen molar-refractivity contribution in [1.29, 1.82) is 0 Å². The summed E-state index contributed by atoms with van der Waals surface area (Å²) in [6, 6.07) is 0. The highest BCUT2D eigenvalue weighted by Gasteiger charge is 2.28. The molecule has 1 atom stereocenters. The van der Waals surface area contributed by atoms with Gasteiger partial charge in [-0.15, -0.1) is 6.42 Å². The summed E-state index contributed by atoms with van der Waals surface area (Å²) in [7, 11) is 0. The summed E-state index contributed by atoms with van der Waals surface area (Å²) in [5.41, 5.74) is 9.33. The topological polar surface area (TPSA) is 69.1 Å². The average molecular weight is 175 g/mol. The van der Waals surface area contributed by atoms with Gasteiger partial charge in [-0.05, 0) is 31.0 Å². The highest BCUT2D eigenvalue weighted by molar-refractivity contribution is 6.66. The Kier molecular flexibility index (Phi) is 4.12. The summed E-state index contributed by atoms with van der Waals surface area (Å²) in [6.07, 6.45) is 5.96. The fourth-order valence-corrected chi connectivity index (χ4v) is 0.757. The van der Waals surface area contributed by atoms with Crippen molar-refractivity contribution in [2.24, 2.45) is 11.5 Å². The lowest BCUT2D eigenvalue weighted by Crippen LogP contribution is -2.44. The molecule has 1 unspecified atom stereocenters. The van der Waals surface area contributed by atoms with Crippen LogP contribution in [-0.4, -0.2) is 17.3 Å². The van der Waals surface area contributed by atoms with Crippen LogP contribution in [0.5, 0.6) is 0 Å². The largest absolute Gasteiger partial charge is 0.330 e. The number of nitrogens with two attached hydrogens (primary N) is 2. The van der Waals surface area contributed by atoms with E-state index < -0.39 is 10.8 Å². The maximum atomic E-state index is 10.7. The van der Waals surface area contributed by atoms with Gasteiger partial charge in [0.25, 0.3) is 5.24 Å². The van der Waals surface area contributed by atoms with Gasteiger partial charge in [0, 0.05) is 0 Å². The number of rotatable bonds is 4. The average Bonchev–Trinajstić information content (AvgIpc) is 2.00.